The number of hydrogen-bond donors (Lipinski definition) is 2. The highest BCUT2D eigenvalue weighted by atomic mass is 16.1. The molecule has 0 atom stereocenters. The molecule has 0 fully saturated rings. The monoisotopic (exact) mass is 353 g/mol. The van der Waals surface area contributed by atoms with Crippen LogP contribution in [0.25, 0.3) is 0 Å². The van der Waals surface area contributed by atoms with Crippen molar-refractivity contribution in [1.29, 1.82) is 0 Å². The molecule has 0 unspecified atom stereocenters. The average molecular weight is 354 g/mol. The van der Waals surface area contributed by atoms with E-state index in [1.54, 1.807) is 0 Å². The van der Waals surface area contributed by atoms with Gasteiger partial charge < -0.3 is 15.5 Å². The number of nitrogens with zero attached hydrogens (tertiary/aromatic N) is 1. The van der Waals surface area contributed by atoms with Gasteiger partial charge in [0, 0.05) is 43.1 Å². The highest BCUT2D eigenvalue weighted by molar-refractivity contribution is 5.92. The number of carbonyl (C=O) groups excluding carboxylic acids is 1. The number of carbonyl (C=O) groups is 1. The van der Waals surface area contributed by atoms with Gasteiger partial charge in [-0.25, -0.2) is 0 Å². The van der Waals surface area contributed by atoms with Crippen LogP contribution in [0.5, 0.6) is 0 Å². The van der Waals surface area contributed by atoms with E-state index in [0.717, 1.165) is 36.4 Å². The molecule has 0 radical (unpaired) electrons. The zero-order valence-corrected chi connectivity index (χ0v) is 16.4. The number of benzene rings is 2. The Bertz CT molecular complexity index is 723. The Morgan fingerprint density at radius 2 is 1.73 bits per heavy atom. The lowest BCUT2D eigenvalue weighted by Crippen LogP contribution is -2.22. The number of nitrogens with one attached hydrogen (secondary N) is 2. The maximum Gasteiger partial charge on any atom is 0.226 e. The van der Waals surface area contributed by atoms with Gasteiger partial charge >= 0.3 is 0 Å². The molecule has 2 N–H and O–H groups in total. The molecule has 2 rings (SSSR count). The normalized spacial score (nSPS) is 10.5. The highest BCUT2D eigenvalue weighted by Crippen LogP contribution is 2.23. The van der Waals surface area contributed by atoms with Crippen LogP contribution in [-0.2, 0) is 11.2 Å². The summed E-state index contributed by atoms with van der Waals surface area (Å²) in [6, 6.07) is 14.4. The molecule has 0 bridgehead atoms. The third kappa shape index (κ3) is 5.25. The van der Waals surface area contributed by atoms with Gasteiger partial charge in [-0.2, -0.15) is 0 Å². The van der Waals surface area contributed by atoms with Crippen molar-refractivity contribution < 1.29 is 4.79 Å². The predicted octanol–water partition coefficient (Wildman–Crippen LogP) is 4.84. The molecule has 0 aliphatic heterocycles. The van der Waals surface area contributed by atoms with Gasteiger partial charge in [-0.3, -0.25) is 4.79 Å². The topological polar surface area (TPSA) is 44.4 Å². The SMILES string of the molecule is CCc1ccccc1NCCC(=O)Nc1ccc(N(CC)CC)cc1C. The summed E-state index contributed by atoms with van der Waals surface area (Å²) in [5, 5.41) is 6.40. The van der Waals surface area contributed by atoms with Gasteiger partial charge in [0.15, 0.2) is 0 Å². The summed E-state index contributed by atoms with van der Waals surface area (Å²) in [7, 11) is 0. The quantitative estimate of drug-likeness (QED) is 0.678. The van der Waals surface area contributed by atoms with Crippen LogP contribution >= 0.6 is 0 Å². The highest BCUT2D eigenvalue weighted by Gasteiger charge is 2.08. The zero-order valence-electron chi connectivity index (χ0n) is 16.4. The van der Waals surface area contributed by atoms with Gasteiger partial charge in [0.25, 0.3) is 0 Å². The summed E-state index contributed by atoms with van der Waals surface area (Å²) in [6.07, 6.45) is 1.42. The second kappa shape index (κ2) is 9.85. The van der Waals surface area contributed by atoms with Crippen molar-refractivity contribution in [2.24, 2.45) is 0 Å². The predicted molar refractivity (Wildman–Crippen MR) is 112 cm³/mol. The van der Waals surface area contributed by atoms with Gasteiger partial charge in [0.2, 0.25) is 5.91 Å². The van der Waals surface area contributed by atoms with E-state index in [4.69, 9.17) is 0 Å². The molecule has 1 amide bonds. The first-order valence-corrected chi connectivity index (χ1v) is 9.56. The molecule has 140 valence electrons. The van der Waals surface area contributed by atoms with Crippen LogP contribution in [0.15, 0.2) is 42.5 Å². The third-order valence-electron chi connectivity index (χ3n) is 4.68. The number of rotatable bonds is 9. The lowest BCUT2D eigenvalue weighted by Gasteiger charge is -2.22. The molecular weight excluding hydrogens is 322 g/mol. The molecule has 26 heavy (non-hydrogen) atoms. The first kappa shape index (κ1) is 19.8. The second-order valence-corrected chi connectivity index (χ2v) is 6.41. The van der Waals surface area contributed by atoms with Crippen molar-refractivity contribution in [1.82, 2.24) is 0 Å². The van der Waals surface area contributed by atoms with Crippen LogP contribution < -0.4 is 15.5 Å². The van der Waals surface area contributed by atoms with Gasteiger partial charge in [-0.05, 0) is 62.6 Å². The first-order chi connectivity index (χ1) is 12.6. The fraction of sp³-hybridized carbons (Fsp3) is 0.409. The fourth-order valence-electron chi connectivity index (χ4n) is 3.10. The van der Waals surface area contributed by atoms with E-state index in [9.17, 15) is 4.79 Å². The third-order valence-corrected chi connectivity index (χ3v) is 4.68. The smallest absolute Gasteiger partial charge is 0.226 e. The van der Waals surface area contributed by atoms with Gasteiger partial charge in [-0.1, -0.05) is 25.1 Å². The maximum atomic E-state index is 12.3. The molecule has 2 aromatic carbocycles. The Balaban J connectivity index is 1.89. The van der Waals surface area contributed by atoms with Crippen molar-refractivity contribution in [3.05, 3.63) is 53.6 Å². The van der Waals surface area contributed by atoms with E-state index in [0.29, 0.717) is 13.0 Å². The van der Waals surface area contributed by atoms with Crippen molar-refractivity contribution in [3.63, 3.8) is 0 Å². The number of amides is 1. The Labute approximate surface area is 157 Å². The molecule has 0 spiro atoms. The van der Waals surface area contributed by atoms with Gasteiger partial charge in [-0.15, -0.1) is 0 Å². The van der Waals surface area contributed by atoms with Crippen LogP contribution in [0.3, 0.4) is 0 Å². The van der Waals surface area contributed by atoms with Crippen molar-refractivity contribution in [2.75, 3.05) is 35.2 Å². The average Bonchev–Trinajstić information content (AvgIpc) is 2.65. The van der Waals surface area contributed by atoms with Gasteiger partial charge in [0.05, 0.1) is 0 Å². The minimum Gasteiger partial charge on any atom is -0.384 e. The molecule has 4 heteroatoms. The molecule has 0 aliphatic rings. The molecule has 4 nitrogen and oxygen atoms in total. The van der Waals surface area contributed by atoms with Crippen LogP contribution in [-0.4, -0.2) is 25.5 Å². The van der Waals surface area contributed by atoms with E-state index in [1.165, 1.54) is 11.3 Å². The minimum absolute atomic E-state index is 0.0326. The maximum absolute atomic E-state index is 12.3. The van der Waals surface area contributed by atoms with Crippen LogP contribution in [0, 0.1) is 6.92 Å². The van der Waals surface area contributed by atoms with Crippen molar-refractivity contribution in [2.45, 2.75) is 40.5 Å². The molecule has 2 aromatic rings. The molecule has 0 saturated carbocycles. The molecule has 0 heterocycles. The fourth-order valence-corrected chi connectivity index (χ4v) is 3.10. The summed E-state index contributed by atoms with van der Waals surface area (Å²) >= 11 is 0. The Morgan fingerprint density at radius 3 is 2.38 bits per heavy atom. The second-order valence-electron chi connectivity index (χ2n) is 6.41. The molecule has 0 aromatic heterocycles. The van der Waals surface area contributed by atoms with Crippen LogP contribution in [0.4, 0.5) is 17.1 Å². The molecular formula is C22H31N3O. The standard InChI is InChI=1S/C22H31N3O/c1-5-18-10-8-9-11-21(18)23-15-14-22(26)24-20-13-12-19(16-17(20)4)25(6-2)7-3/h8-13,16,23H,5-7,14-15H2,1-4H3,(H,24,26). The Hall–Kier alpha value is -2.49. The molecule has 0 aliphatic carbocycles. The first-order valence-electron chi connectivity index (χ1n) is 9.56. The van der Waals surface area contributed by atoms with E-state index < -0.39 is 0 Å². The van der Waals surface area contributed by atoms with Gasteiger partial charge in [0.1, 0.15) is 0 Å². The number of hydrogen-bond acceptors (Lipinski definition) is 3. The van der Waals surface area contributed by atoms with Crippen molar-refractivity contribution in [3.8, 4) is 0 Å². The van der Waals surface area contributed by atoms with Crippen LogP contribution in [0.2, 0.25) is 0 Å². The largest absolute Gasteiger partial charge is 0.384 e. The zero-order chi connectivity index (χ0) is 18.9. The Kier molecular flexibility index (Phi) is 7.52. The lowest BCUT2D eigenvalue weighted by atomic mass is 10.1. The molecule has 0 saturated heterocycles. The summed E-state index contributed by atoms with van der Waals surface area (Å²) in [5.74, 6) is 0.0326. The van der Waals surface area contributed by atoms with E-state index in [1.807, 2.05) is 25.1 Å². The van der Waals surface area contributed by atoms with E-state index in [-0.39, 0.29) is 5.91 Å². The van der Waals surface area contributed by atoms with E-state index >= 15 is 0 Å². The number of anilines is 3. The minimum atomic E-state index is 0.0326. The van der Waals surface area contributed by atoms with Crippen LogP contribution in [0.1, 0.15) is 38.3 Å². The van der Waals surface area contributed by atoms with Crippen molar-refractivity contribution >= 4 is 23.0 Å². The summed E-state index contributed by atoms with van der Waals surface area (Å²) in [5.41, 5.74) is 5.56. The summed E-state index contributed by atoms with van der Waals surface area (Å²) in [4.78, 5) is 14.6. The number of para-hydroxylation sites is 1. The lowest BCUT2D eigenvalue weighted by molar-refractivity contribution is -0.115. The summed E-state index contributed by atoms with van der Waals surface area (Å²) < 4.78 is 0. The Morgan fingerprint density at radius 1 is 1.00 bits per heavy atom. The van der Waals surface area contributed by atoms with E-state index in [2.05, 4.69) is 60.6 Å². The summed E-state index contributed by atoms with van der Waals surface area (Å²) in [6.45, 7) is 11.1. The number of aryl methyl sites for hydroxylation is 2.